The molecule has 0 spiro atoms. The highest BCUT2D eigenvalue weighted by atomic mass is 79.9. The first-order chi connectivity index (χ1) is 28.3. The van der Waals surface area contributed by atoms with E-state index in [0.29, 0.717) is 73.2 Å². The van der Waals surface area contributed by atoms with Crippen LogP contribution in [0.4, 0.5) is 62.5 Å². The molecule has 2 N–H and O–H groups in total. The lowest BCUT2D eigenvalue weighted by molar-refractivity contribution is -0.724. The molecule has 318 valence electrons. The Bertz CT molecular complexity index is 2390. The lowest BCUT2D eigenvalue weighted by Gasteiger charge is -2.24. The van der Waals surface area contributed by atoms with E-state index in [1.165, 1.54) is 29.2 Å². The number of alkyl halides is 9. The minimum Gasteiger partial charge on any atom is -0.356 e. The molecule has 60 heavy (non-hydrogen) atoms. The van der Waals surface area contributed by atoms with Crippen LogP contribution >= 0.6 is 15.9 Å². The molecule has 0 radical (unpaired) electrons. The van der Waals surface area contributed by atoms with E-state index < -0.39 is 58.6 Å². The van der Waals surface area contributed by atoms with E-state index >= 15 is 0 Å². The first kappa shape index (κ1) is 42.6. The highest BCUT2D eigenvalue weighted by Gasteiger charge is 2.38. The molecular weight excluding hydrogens is 877 g/mol. The van der Waals surface area contributed by atoms with Crippen molar-refractivity contribution in [2.45, 2.75) is 69.5 Å². The molecule has 11 nitrogen and oxygen atoms in total. The summed E-state index contributed by atoms with van der Waals surface area (Å²) in [6.45, 7) is 1.08. The van der Waals surface area contributed by atoms with Gasteiger partial charge in [0.2, 0.25) is 0 Å². The van der Waals surface area contributed by atoms with Crippen LogP contribution in [0.5, 0.6) is 0 Å². The molecule has 7 heterocycles. The Morgan fingerprint density at radius 3 is 1.77 bits per heavy atom. The minimum absolute atomic E-state index is 0.0108. The van der Waals surface area contributed by atoms with Crippen molar-refractivity contribution >= 4 is 56.4 Å². The SMILES string of the molecule is O=C(Nc1cc(C(F)(F)F)c[n+](C2CCCN(c3ncc(C(F)(F)F)cc3C(=O)Nc3ccc4ncc(Br)n4c3)CC2)c1)c1cc(C(F)(F)F)cnc1N1CCCCCC1. The molecule has 1 atom stereocenters. The number of hydrogen-bond donors (Lipinski definition) is 2. The van der Waals surface area contributed by atoms with Crippen LogP contribution in [0, 0.1) is 0 Å². The van der Waals surface area contributed by atoms with Gasteiger partial charge in [-0.15, -0.1) is 0 Å². The van der Waals surface area contributed by atoms with Gasteiger partial charge in [0.25, 0.3) is 11.8 Å². The van der Waals surface area contributed by atoms with Gasteiger partial charge >= 0.3 is 18.5 Å². The van der Waals surface area contributed by atoms with Crippen LogP contribution in [-0.4, -0.2) is 57.3 Å². The van der Waals surface area contributed by atoms with E-state index in [9.17, 15) is 49.1 Å². The number of fused-ring (bicyclic) bond motifs is 1. The van der Waals surface area contributed by atoms with Crippen LogP contribution in [0.25, 0.3) is 5.65 Å². The standard InChI is InChI=1S/C39H35BrF9N9O2/c40-31-19-50-32-8-7-26(22-58(31)32)53-35(59)30-16-24(38(44,45)46)18-52-34(30)56-12-5-6-28(9-13-56)57-20-25(39(47,48)49)14-27(21-57)54-36(60)29-15-23(37(41,42)43)17-51-33(29)55-10-3-1-2-4-11-55/h7-8,14-22,28H,1-6,9-13H2,(H-,53,54,59,60)/p+1. The third kappa shape index (κ3) is 9.60. The van der Waals surface area contributed by atoms with Crippen molar-refractivity contribution < 1.29 is 53.7 Å². The van der Waals surface area contributed by atoms with E-state index in [1.54, 1.807) is 20.3 Å². The number of pyridine rings is 4. The normalized spacial score (nSPS) is 17.0. The Morgan fingerprint density at radius 2 is 1.18 bits per heavy atom. The largest absolute Gasteiger partial charge is 0.422 e. The molecule has 0 saturated carbocycles. The summed E-state index contributed by atoms with van der Waals surface area (Å²) in [6.07, 6.45) is -4.29. The molecule has 0 aromatic carbocycles. The number of amides is 2. The Balaban J connectivity index is 1.16. The molecule has 21 heteroatoms. The summed E-state index contributed by atoms with van der Waals surface area (Å²) >= 11 is 3.33. The number of carbonyl (C=O) groups excluding carboxylic acids is 2. The van der Waals surface area contributed by atoms with Gasteiger partial charge in [0.15, 0.2) is 18.4 Å². The number of anilines is 4. The Hall–Kier alpha value is -5.47. The van der Waals surface area contributed by atoms with Crippen molar-refractivity contribution in [1.82, 2.24) is 19.4 Å². The van der Waals surface area contributed by atoms with Crippen LogP contribution in [-0.2, 0) is 18.5 Å². The zero-order valence-corrected chi connectivity index (χ0v) is 33.0. The first-order valence-corrected chi connectivity index (χ1v) is 19.7. The molecule has 7 rings (SSSR count). The zero-order valence-electron chi connectivity index (χ0n) is 31.4. The molecule has 2 aliphatic rings. The van der Waals surface area contributed by atoms with Crippen LogP contribution < -0.4 is 25.0 Å². The van der Waals surface area contributed by atoms with Crippen molar-refractivity contribution in [2.24, 2.45) is 0 Å². The van der Waals surface area contributed by atoms with Crippen molar-refractivity contribution in [1.29, 1.82) is 0 Å². The molecule has 2 fully saturated rings. The lowest BCUT2D eigenvalue weighted by Crippen LogP contribution is -2.41. The summed E-state index contributed by atoms with van der Waals surface area (Å²) in [5.74, 6) is -2.04. The van der Waals surface area contributed by atoms with Gasteiger partial charge in [0, 0.05) is 57.6 Å². The second kappa shape index (κ2) is 16.9. The highest BCUT2D eigenvalue weighted by Crippen LogP contribution is 2.36. The van der Waals surface area contributed by atoms with Crippen molar-refractivity contribution in [3.63, 3.8) is 0 Å². The van der Waals surface area contributed by atoms with Gasteiger partial charge in [0.1, 0.15) is 33.1 Å². The second-order valence-electron chi connectivity index (χ2n) is 14.6. The number of rotatable bonds is 7. The smallest absolute Gasteiger partial charge is 0.356 e. The number of aromatic nitrogens is 5. The van der Waals surface area contributed by atoms with Crippen LogP contribution in [0.3, 0.4) is 0 Å². The minimum atomic E-state index is -4.89. The molecular formula is C39H36BrF9N9O2+. The van der Waals surface area contributed by atoms with Gasteiger partial charge in [-0.05, 0) is 65.5 Å². The van der Waals surface area contributed by atoms with E-state index in [1.807, 2.05) is 0 Å². The molecule has 2 saturated heterocycles. The fourth-order valence-corrected chi connectivity index (χ4v) is 7.78. The third-order valence-electron chi connectivity index (χ3n) is 10.4. The van der Waals surface area contributed by atoms with Crippen LogP contribution in [0.2, 0.25) is 0 Å². The summed E-state index contributed by atoms with van der Waals surface area (Å²) < 4.78 is 129. The molecule has 1 unspecified atom stereocenters. The van der Waals surface area contributed by atoms with E-state index in [2.05, 4.69) is 41.5 Å². The summed E-state index contributed by atoms with van der Waals surface area (Å²) in [5, 5.41) is 5.00. The first-order valence-electron chi connectivity index (χ1n) is 18.9. The molecule has 5 aromatic rings. The van der Waals surface area contributed by atoms with E-state index in [0.717, 1.165) is 19.0 Å². The Kier molecular flexibility index (Phi) is 12.0. The van der Waals surface area contributed by atoms with Gasteiger partial charge in [-0.3, -0.25) is 14.0 Å². The number of halogens is 10. The third-order valence-corrected chi connectivity index (χ3v) is 11.0. The fraction of sp³-hybridized carbons (Fsp3) is 0.385. The quantitative estimate of drug-likeness (QED) is 0.124. The maximum atomic E-state index is 14.3. The number of hydrogen-bond acceptors (Lipinski definition) is 7. The summed E-state index contributed by atoms with van der Waals surface area (Å²) in [7, 11) is 0. The van der Waals surface area contributed by atoms with Gasteiger partial charge in [-0.25, -0.2) is 15.0 Å². The van der Waals surface area contributed by atoms with Crippen molar-refractivity contribution in [2.75, 3.05) is 46.6 Å². The monoisotopic (exact) mass is 912 g/mol. The number of carbonyl (C=O) groups is 2. The second-order valence-corrected chi connectivity index (χ2v) is 15.4. The molecule has 5 aromatic heterocycles. The number of nitrogens with zero attached hydrogens (tertiary/aromatic N) is 7. The summed E-state index contributed by atoms with van der Waals surface area (Å²) in [5.41, 5.74) is -3.87. The summed E-state index contributed by atoms with van der Waals surface area (Å²) in [4.78, 5) is 42.9. The van der Waals surface area contributed by atoms with Crippen molar-refractivity contribution in [3.8, 4) is 0 Å². The van der Waals surface area contributed by atoms with Crippen LogP contribution in [0.15, 0.2) is 72.1 Å². The topological polar surface area (TPSA) is 112 Å². The van der Waals surface area contributed by atoms with E-state index in [-0.39, 0.29) is 54.5 Å². The number of nitrogens with one attached hydrogen (secondary N) is 2. The van der Waals surface area contributed by atoms with Crippen molar-refractivity contribution in [3.05, 3.63) is 99.9 Å². The van der Waals surface area contributed by atoms with Gasteiger partial charge < -0.3 is 20.4 Å². The maximum Gasteiger partial charge on any atom is 0.422 e. The fourth-order valence-electron chi connectivity index (χ4n) is 7.39. The molecule has 2 aliphatic heterocycles. The maximum absolute atomic E-state index is 14.3. The molecule has 0 aliphatic carbocycles. The molecule has 0 bridgehead atoms. The Morgan fingerprint density at radius 1 is 0.633 bits per heavy atom. The average Bonchev–Trinajstić information content (AvgIpc) is 3.39. The van der Waals surface area contributed by atoms with Gasteiger partial charge in [-0.2, -0.15) is 44.1 Å². The predicted octanol–water partition coefficient (Wildman–Crippen LogP) is 9.35. The van der Waals surface area contributed by atoms with Crippen LogP contribution in [0.1, 0.15) is 88.4 Å². The van der Waals surface area contributed by atoms with E-state index in [4.69, 9.17) is 0 Å². The number of imidazole rings is 1. The Labute approximate surface area is 344 Å². The van der Waals surface area contributed by atoms with Gasteiger partial charge in [0.05, 0.1) is 34.1 Å². The summed E-state index contributed by atoms with van der Waals surface area (Å²) in [6, 6.07) is 4.50. The average molecular weight is 914 g/mol. The lowest BCUT2D eigenvalue weighted by atomic mass is 10.1. The van der Waals surface area contributed by atoms with Gasteiger partial charge in [-0.1, -0.05) is 12.8 Å². The molecule has 2 amide bonds. The highest BCUT2D eigenvalue weighted by molar-refractivity contribution is 9.10. The predicted molar refractivity (Wildman–Crippen MR) is 205 cm³/mol. The zero-order chi connectivity index (χ0) is 43.0.